The summed E-state index contributed by atoms with van der Waals surface area (Å²) in [5.41, 5.74) is 0.696. The SMILES string of the molecule is COc1c(Cl)cc(/C(O)=C2\C(=O)C(=O)N(Cc3cccs3)C2c2ccccc2)c(OC)c1Cl. The molecule has 3 aromatic rings. The van der Waals surface area contributed by atoms with Gasteiger partial charge in [0.05, 0.1) is 43.0 Å². The van der Waals surface area contributed by atoms with Crippen LogP contribution in [0.15, 0.2) is 59.5 Å². The molecule has 1 fully saturated rings. The third-order valence-corrected chi connectivity index (χ3v) is 6.84. The van der Waals surface area contributed by atoms with Gasteiger partial charge in [-0.15, -0.1) is 11.3 Å². The third kappa shape index (κ3) is 4.08. The molecule has 0 spiro atoms. The average molecular weight is 504 g/mol. The minimum atomic E-state index is -0.808. The number of thiophene rings is 1. The molecule has 4 rings (SSSR count). The molecule has 0 saturated carbocycles. The first kappa shape index (κ1) is 23.2. The van der Waals surface area contributed by atoms with Crippen molar-refractivity contribution in [1.82, 2.24) is 4.90 Å². The Morgan fingerprint density at radius 1 is 1.06 bits per heavy atom. The van der Waals surface area contributed by atoms with Crippen LogP contribution in [0.2, 0.25) is 10.0 Å². The van der Waals surface area contributed by atoms with Gasteiger partial charge < -0.3 is 19.5 Å². The fourth-order valence-electron chi connectivity index (χ4n) is 3.89. The fraction of sp³-hybridized carbons (Fsp3) is 0.167. The van der Waals surface area contributed by atoms with Crippen molar-refractivity contribution in [3.8, 4) is 11.5 Å². The van der Waals surface area contributed by atoms with E-state index >= 15 is 0 Å². The lowest BCUT2D eigenvalue weighted by Gasteiger charge is -2.25. The van der Waals surface area contributed by atoms with Gasteiger partial charge in [0.25, 0.3) is 11.7 Å². The molecule has 9 heteroatoms. The predicted molar refractivity (Wildman–Crippen MR) is 128 cm³/mol. The molecule has 0 radical (unpaired) electrons. The van der Waals surface area contributed by atoms with Gasteiger partial charge >= 0.3 is 0 Å². The number of benzene rings is 2. The smallest absolute Gasteiger partial charge is 0.295 e. The number of hydrogen-bond acceptors (Lipinski definition) is 6. The highest BCUT2D eigenvalue weighted by Gasteiger charge is 2.46. The van der Waals surface area contributed by atoms with E-state index in [-0.39, 0.29) is 39.2 Å². The van der Waals surface area contributed by atoms with Crippen LogP contribution in [-0.4, -0.2) is 35.9 Å². The lowest BCUT2D eigenvalue weighted by Crippen LogP contribution is -2.28. The second-order valence-corrected chi connectivity index (χ2v) is 9.02. The lowest BCUT2D eigenvalue weighted by molar-refractivity contribution is -0.140. The summed E-state index contributed by atoms with van der Waals surface area (Å²) >= 11 is 14.2. The van der Waals surface area contributed by atoms with Crippen LogP contribution < -0.4 is 9.47 Å². The molecule has 0 aliphatic carbocycles. The van der Waals surface area contributed by atoms with Gasteiger partial charge in [0, 0.05) is 4.88 Å². The van der Waals surface area contributed by atoms with Crippen molar-refractivity contribution in [2.45, 2.75) is 12.6 Å². The van der Waals surface area contributed by atoms with Crippen molar-refractivity contribution in [2.75, 3.05) is 14.2 Å². The number of rotatable bonds is 6. The second-order valence-electron chi connectivity index (χ2n) is 7.20. The van der Waals surface area contributed by atoms with Gasteiger partial charge in [0.15, 0.2) is 11.5 Å². The summed E-state index contributed by atoms with van der Waals surface area (Å²) in [6.45, 7) is 0.222. The Balaban J connectivity index is 1.94. The molecular weight excluding hydrogens is 485 g/mol. The van der Waals surface area contributed by atoms with Crippen molar-refractivity contribution in [1.29, 1.82) is 0 Å². The monoisotopic (exact) mass is 503 g/mol. The van der Waals surface area contributed by atoms with Gasteiger partial charge in [0.1, 0.15) is 10.8 Å². The van der Waals surface area contributed by atoms with E-state index in [2.05, 4.69) is 0 Å². The largest absolute Gasteiger partial charge is 0.507 e. The molecular formula is C24H19Cl2NO5S. The Hall–Kier alpha value is -3.00. The van der Waals surface area contributed by atoms with Gasteiger partial charge in [0.2, 0.25) is 0 Å². The number of carbonyl (C=O) groups excluding carboxylic acids is 2. The molecule has 1 atom stereocenters. The molecule has 1 N–H and O–H groups in total. The molecule has 1 unspecified atom stereocenters. The van der Waals surface area contributed by atoms with Gasteiger partial charge in [-0.1, -0.05) is 59.6 Å². The topological polar surface area (TPSA) is 76.1 Å². The maximum Gasteiger partial charge on any atom is 0.295 e. The van der Waals surface area contributed by atoms with Crippen LogP contribution in [0.25, 0.3) is 5.76 Å². The highest BCUT2D eigenvalue weighted by molar-refractivity contribution is 7.09. The zero-order valence-corrected chi connectivity index (χ0v) is 20.0. The number of amides is 1. The van der Waals surface area contributed by atoms with Crippen molar-refractivity contribution >= 4 is 52.0 Å². The molecule has 33 heavy (non-hydrogen) atoms. The van der Waals surface area contributed by atoms with Crippen molar-refractivity contribution < 1.29 is 24.2 Å². The molecule has 170 valence electrons. The van der Waals surface area contributed by atoms with E-state index in [9.17, 15) is 14.7 Å². The summed E-state index contributed by atoms with van der Waals surface area (Å²) in [5.74, 6) is -1.69. The second kappa shape index (κ2) is 9.47. The summed E-state index contributed by atoms with van der Waals surface area (Å²) in [7, 11) is 2.77. The van der Waals surface area contributed by atoms with E-state index in [1.807, 2.05) is 35.7 Å². The van der Waals surface area contributed by atoms with Crippen molar-refractivity contribution in [3.05, 3.63) is 85.5 Å². The number of methoxy groups -OCH3 is 2. The summed E-state index contributed by atoms with van der Waals surface area (Å²) in [6, 6.07) is 13.4. The quantitative estimate of drug-likeness (QED) is 0.265. The molecule has 1 aliphatic rings. The van der Waals surface area contributed by atoms with E-state index in [0.717, 1.165) is 4.88 Å². The molecule has 1 aliphatic heterocycles. The molecule has 6 nitrogen and oxygen atoms in total. The predicted octanol–water partition coefficient (Wildman–Crippen LogP) is 5.69. The number of Topliss-reactive ketones (excluding diaryl/α,β-unsaturated/α-hetero) is 1. The molecule has 2 aromatic carbocycles. The first-order valence-electron chi connectivity index (χ1n) is 9.85. The first-order valence-corrected chi connectivity index (χ1v) is 11.5. The van der Waals surface area contributed by atoms with Crippen molar-refractivity contribution in [3.63, 3.8) is 0 Å². The van der Waals surface area contributed by atoms with Crippen LogP contribution in [0, 0.1) is 0 Å². The van der Waals surface area contributed by atoms with Crippen LogP contribution in [0.1, 0.15) is 22.0 Å². The van der Waals surface area contributed by atoms with Crippen LogP contribution in [-0.2, 0) is 16.1 Å². The summed E-state index contributed by atoms with van der Waals surface area (Å²) < 4.78 is 10.6. The van der Waals surface area contributed by atoms with Gasteiger partial charge in [-0.3, -0.25) is 9.59 Å². The number of ether oxygens (including phenoxy) is 2. The summed E-state index contributed by atoms with van der Waals surface area (Å²) in [4.78, 5) is 28.6. The van der Waals surface area contributed by atoms with Crippen LogP contribution in [0.4, 0.5) is 0 Å². The van der Waals surface area contributed by atoms with Gasteiger partial charge in [-0.05, 0) is 23.1 Å². The number of aliphatic hydroxyl groups excluding tert-OH is 1. The van der Waals surface area contributed by atoms with E-state index in [0.29, 0.717) is 5.56 Å². The van der Waals surface area contributed by atoms with E-state index in [4.69, 9.17) is 32.7 Å². The molecule has 2 heterocycles. The molecule has 1 aromatic heterocycles. The van der Waals surface area contributed by atoms with Gasteiger partial charge in [-0.25, -0.2) is 0 Å². The Morgan fingerprint density at radius 2 is 1.76 bits per heavy atom. The standard InChI is InChI=1S/C24H19Cl2NO5S/c1-31-22-15(11-16(25)23(32-2)18(22)26)20(28)17-19(13-7-4-3-5-8-13)27(24(30)21(17)29)12-14-9-6-10-33-14/h3-11,19,28H,12H2,1-2H3/b20-17+. The number of likely N-dealkylation sites (tertiary alicyclic amines) is 1. The number of nitrogens with zero attached hydrogens (tertiary/aromatic N) is 1. The highest BCUT2D eigenvalue weighted by Crippen LogP contribution is 2.47. The molecule has 1 saturated heterocycles. The lowest BCUT2D eigenvalue weighted by atomic mass is 9.95. The molecule has 1 amide bonds. The number of ketones is 1. The Labute approximate surface area is 204 Å². The van der Waals surface area contributed by atoms with E-state index in [1.54, 1.807) is 12.1 Å². The third-order valence-electron chi connectivity index (χ3n) is 5.36. The van der Waals surface area contributed by atoms with E-state index in [1.165, 1.54) is 36.5 Å². The number of halogens is 2. The normalized spacial score (nSPS) is 17.5. The van der Waals surface area contributed by atoms with E-state index < -0.39 is 23.5 Å². The Morgan fingerprint density at radius 3 is 2.36 bits per heavy atom. The highest BCUT2D eigenvalue weighted by atomic mass is 35.5. The number of aliphatic hydroxyl groups is 1. The fourth-order valence-corrected chi connectivity index (χ4v) is 5.28. The molecule has 0 bridgehead atoms. The maximum atomic E-state index is 13.2. The zero-order valence-electron chi connectivity index (χ0n) is 17.7. The maximum absolute atomic E-state index is 13.2. The minimum absolute atomic E-state index is 0.0399. The minimum Gasteiger partial charge on any atom is -0.507 e. The number of carbonyl (C=O) groups is 2. The average Bonchev–Trinajstić information content (AvgIpc) is 3.41. The number of hydrogen-bond donors (Lipinski definition) is 1. The Kier molecular flexibility index (Phi) is 6.65. The van der Waals surface area contributed by atoms with Crippen LogP contribution in [0.3, 0.4) is 0 Å². The Bertz CT molecular complexity index is 1240. The van der Waals surface area contributed by atoms with Crippen LogP contribution in [0.5, 0.6) is 11.5 Å². The van der Waals surface area contributed by atoms with Crippen molar-refractivity contribution in [2.24, 2.45) is 0 Å². The zero-order chi connectivity index (χ0) is 23.7. The van der Waals surface area contributed by atoms with Crippen LogP contribution >= 0.6 is 34.5 Å². The van der Waals surface area contributed by atoms with Gasteiger partial charge in [-0.2, -0.15) is 0 Å². The summed E-state index contributed by atoms with van der Waals surface area (Å²) in [6.07, 6.45) is 0. The first-order chi connectivity index (χ1) is 15.9. The summed E-state index contributed by atoms with van der Waals surface area (Å²) in [5, 5.41) is 13.4.